The Bertz CT molecular complexity index is 957. The van der Waals surface area contributed by atoms with Gasteiger partial charge in [0.15, 0.2) is 0 Å². The van der Waals surface area contributed by atoms with Crippen molar-refractivity contribution in [1.29, 1.82) is 5.41 Å². The lowest BCUT2D eigenvalue weighted by atomic mass is 10.0. The van der Waals surface area contributed by atoms with Crippen LogP contribution < -0.4 is 10.5 Å². The summed E-state index contributed by atoms with van der Waals surface area (Å²) in [5.41, 5.74) is 8.24. The van der Waals surface area contributed by atoms with E-state index in [0.717, 1.165) is 11.1 Å². The predicted octanol–water partition coefficient (Wildman–Crippen LogP) is 2.95. The number of nitrogens with two attached hydrogens (primary N) is 1. The molecule has 3 rings (SSSR count). The number of esters is 1. The van der Waals surface area contributed by atoms with E-state index in [2.05, 4.69) is 0 Å². The van der Waals surface area contributed by atoms with Crippen LogP contribution in [0.15, 0.2) is 48.5 Å². The monoisotopic (exact) mass is 438 g/mol. The molecule has 0 unspecified atom stereocenters. The molecule has 8 nitrogen and oxygen atoms in total. The molecule has 2 atom stereocenters. The second-order valence-corrected chi connectivity index (χ2v) is 8.19. The summed E-state index contributed by atoms with van der Waals surface area (Å²) in [5.74, 6) is 0.548. The lowest BCUT2D eigenvalue weighted by molar-refractivity contribution is -0.141. The van der Waals surface area contributed by atoms with Crippen LogP contribution in [-0.4, -0.2) is 68.0 Å². The maximum Gasteiger partial charge on any atom is 0.319 e. The molecule has 1 saturated heterocycles. The number of nitrogens with zero attached hydrogens (tertiary/aromatic N) is 2. The van der Waals surface area contributed by atoms with Crippen molar-refractivity contribution in [1.82, 2.24) is 9.80 Å². The number of benzene rings is 2. The van der Waals surface area contributed by atoms with E-state index < -0.39 is 0 Å². The second kappa shape index (κ2) is 10.2. The standard InChI is InChI=1S/C24H30N4O4/c1-27(2)24(30)28-14-16(13-22(29)31-3)12-20(28)15-32-21-10-8-18(9-11-21)17-4-6-19(7-5-17)23(25)26/h4-11,16,20H,12-15H2,1-3H3,(H3,25,26)/t16-,20-/m0/s1. The van der Waals surface area contributed by atoms with E-state index >= 15 is 0 Å². The van der Waals surface area contributed by atoms with E-state index in [-0.39, 0.29) is 29.8 Å². The largest absolute Gasteiger partial charge is 0.491 e. The molecular formula is C24H30N4O4. The number of hydrogen-bond acceptors (Lipinski definition) is 5. The molecular weight excluding hydrogens is 408 g/mol. The van der Waals surface area contributed by atoms with E-state index in [1.54, 1.807) is 23.9 Å². The number of carbonyl (C=O) groups is 2. The van der Waals surface area contributed by atoms with E-state index in [1.165, 1.54) is 7.11 Å². The molecule has 2 amide bonds. The van der Waals surface area contributed by atoms with E-state index in [1.807, 2.05) is 48.5 Å². The van der Waals surface area contributed by atoms with Gasteiger partial charge in [-0.1, -0.05) is 36.4 Å². The molecule has 0 aliphatic carbocycles. The number of nitrogens with one attached hydrogen (secondary N) is 1. The fourth-order valence-corrected chi connectivity index (χ4v) is 3.91. The third kappa shape index (κ3) is 5.57. The van der Waals surface area contributed by atoms with Gasteiger partial charge in [0.2, 0.25) is 0 Å². The molecule has 0 radical (unpaired) electrons. The van der Waals surface area contributed by atoms with Crippen LogP contribution in [0.25, 0.3) is 11.1 Å². The maximum atomic E-state index is 12.6. The van der Waals surface area contributed by atoms with Crippen molar-refractivity contribution in [2.75, 3.05) is 34.4 Å². The van der Waals surface area contributed by atoms with E-state index in [9.17, 15) is 9.59 Å². The first-order valence-corrected chi connectivity index (χ1v) is 10.5. The third-order valence-corrected chi connectivity index (χ3v) is 5.64. The molecule has 170 valence electrons. The van der Waals surface area contributed by atoms with Gasteiger partial charge < -0.3 is 25.0 Å². The number of rotatable bonds is 7. The SMILES string of the molecule is COC(=O)C[C@@H]1C[C@@H](COc2ccc(-c3ccc(C(=N)N)cc3)cc2)N(C(=O)N(C)C)C1. The third-order valence-electron chi connectivity index (χ3n) is 5.64. The normalized spacial score (nSPS) is 17.7. The zero-order valence-electron chi connectivity index (χ0n) is 18.7. The molecule has 1 aliphatic rings. The second-order valence-electron chi connectivity index (χ2n) is 8.19. The van der Waals surface area contributed by atoms with Gasteiger partial charge in [-0.2, -0.15) is 0 Å². The van der Waals surface area contributed by atoms with Crippen LogP contribution >= 0.6 is 0 Å². The Morgan fingerprint density at radius 3 is 2.22 bits per heavy atom. The van der Waals surface area contributed by atoms with Crippen LogP contribution in [0.4, 0.5) is 4.79 Å². The number of carbonyl (C=O) groups excluding carboxylic acids is 2. The zero-order valence-corrected chi connectivity index (χ0v) is 18.7. The van der Waals surface area contributed by atoms with Crippen molar-refractivity contribution in [3.63, 3.8) is 0 Å². The van der Waals surface area contributed by atoms with Crippen LogP contribution in [0.1, 0.15) is 18.4 Å². The number of urea groups is 1. The highest BCUT2D eigenvalue weighted by Gasteiger charge is 2.37. The van der Waals surface area contributed by atoms with Crippen molar-refractivity contribution >= 4 is 17.8 Å². The Morgan fingerprint density at radius 2 is 1.69 bits per heavy atom. The summed E-state index contributed by atoms with van der Waals surface area (Å²) in [5, 5.41) is 7.49. The number of methoxy groups -OCH3 is 1. The fraction of sp³-hybridized carbons (Fsp3) is 0.375. The Balaban J connectivity index is 1.64. The van der Waals surface area contributed by atoms with E-state index in [0.29, 0.717) is 37.3 Å². The first-order valence-electron chi connectivity index (χ1n) is 10.5. The Kier molecular flexibility index (Phi) is 7.35. The lowest BCUT2D eigenvalue weighted by Gasteiger charge is -2.27. The van der Waals surface area contributed by atoms with Gasteiger partial charge in [0.05, 0.1) is 19.6 Å². The highest BCUT2D eigenvalue weighted by atomic mass is 16.5. The molecule has 0 saturated carbocycles. The van der Waals surface area contributed by atoms with Crippen molar-refractivity contribution in [2.24, 2.45) is 11.7 Å². The Labute approximate surface area is 188 Å². The maximum absolute atomic E-state index is 12.6. The van der Waals surface area contributed by atoms with Crippen LogP contribution in [-0.2, 0) is 9.53 Å². The van der Waals surface area contributed by atoms with Crippen LogP contribution in [0, 0.1) is 11.3 Å². The fourth-order valence-electron chi connectivity index (χ4n) is 3.91. The summed E-state index contributed by atoms with van der Waals surface area (Å²) >= 11 is 0. The number of likely N-dealkylation sites (tertiary alicyclic amines) is 1. The van der Waals surface area contributed by atoms with Gasteiger partial charge in [-0.15, -0.1) is 0 Å². The van der Waals surface area contributed by atoms with Gasteiger partial charge in [-0.25, -0.2) is 4.79 Å². The minimum Gasteiger partial charge on any atom is -0.491 e. The minimum absolute atomic E-state index is 0.0443. The molecule has 2 aromatic carbocycles. The predicted molar refractivity (Wildman–Crippen MR) is 123 cm³/mol. The molecule has 32 heavy (non-hydrogen) atoms. The number of hydrogen-bond donors (Lipinski definition) is 2. The Hall–Kier alpha value is -3.55. The van der Waals surface area contributed by atoms with Gasteiger partial charge in [-0.05, 0) is 35.6 Å². The highest BCUT2D eigenvalue weighted by molar-refractivity contribution is 5.95. The lowest BCUT2D eigenvalue weighted by Crippen LogP contribution is -2.44. The van der Waals surface area contributed by atoms with Gasteiger partial charge in [0.25, 0.3) is 0 Å². The van der Waals surface area contributed by atoms with Crippen LogP contribution in [0.3, 0.4) is 0 Å². The molecule has 8 heteroatoms. The molecule has 2 aromatic rings. The highest BCUT2D eigenvalue weighted by Crippen LogP contribution is 2.28. The summed E-state index contributed by atoms with van der Waals surface area (Å²) in [6, 6.07) is 15.0. The van der Waals surface area contributed by atoms with Crippen LogP contribution in [0.5, 0.6) is 5.75 Å². The number of nitrogen functional groups attached to an aromatic ring is 1. The topological polar surface area (TPSA) is 109 Å². The molecule has 1 fully saturated rings. The van der Waals surface area contributed by atoms with E-state index in [4.69, 9.17) is 20.6 Å². The summed E-state index contributed by atoms with van der Waals surface area (Å²) < 4.78 is 10.8. The molecule has 3 N–H and O–H groups in total. The molecule has 1 aliphatic heterocycles. The van der Waals surface area contributed by atoms with Crippen molar-refractivity contribution in [3.8, 4) is 16.9 Å². The Morgan fingerprint density at radius 1 is 1.09 bits per heavy atom. The summed E-state index contributed by atoms with van der Waals surface area (Å²) in [6.07, 6.45) is 0.983. The van der Waals surface area contributed by atoms with Crippen LogP contribution in [0.2, 0.25) is 0 Å². The number of amides is 2. The molecule has 0 bridgehead atoms. The smallest absolute Gasteiger partial charge is 0.319 e. The first-order chi connectivity index (χ1) is 15.3. The number of ether oxygens (including phenoxy) is 2. The van der Waals surface area contributed by atoms with Gasteiger partial charge in [0.1, 0.15) is 18.2 Å². The average Bonchev–Trinajstić information content (AvgIpc) is 3.19. The average molecular weight is 439 g/mol. The minimum atomic E-state index is -0.263. The van der Waals surface area contributed by atoms with Gasteiger partial charge in [-0.3, -0.25) is 10.2 Å². The first kappa shape index (κ1) is 23.1. The zero-order chi connectivity index (χ0) is 23.3. The molecule has 1 heterocycles. The molecule has 0 spiro atoms. The van der Waals surface area contributed by atoms with Gasteiger partial charge in [0, 0.05) is 26.2 Å². The summed E-state index contributed by atoms with van der Waals surface area (Å²) in [7, 11) is 4.81. The van der Waals surface area contributed by atoms with Crippen molar-refractivity contribution < 1.29 is 19.1 Å². The number of amidine groups is 1. The summed E-state index contributed by atoms with van der Waals surface area (Å²) in [4.78, 5) is 27.6. The van der Waals surface area contributed by atoms with Gasteiger partial charge >= 0.3 is 12.0 Å². The van der Waals surface area contributed by atoms with Crippen molar-refractivity contribution in [3.05, 3.63) is 54.1 Å². The summed E-state index contributed by atoms with van der Waals surface area (Å²) in [6.45, 7) is 0.860. The molecule has 0 aromatic heterocycles. The quantitative estimate of drug-likeness (QED) is 0.392. The van der Waals surface area contributed by atoms with Crippen molar-refractivity contribution in [2.45, 2.75) is 18.9 Å².